The van der Waals surface area contributed by atoms with Crippen molar-refractivity contribution >= 4 is 67.6 Å². The molecule has 25 heavy (non-hydrogen) atoms. The molecule has 2 saturated carbocycles. The molecule has 3 aliphatic carbocycles. The third kappa shape index (κ3) is 3.53. The Hall–Kier alpha value is 0.236. The van der Waals surface area contributed by atoms with Gasteiger partial charge in [0.05, 0.1) is 0 Å². The molecule has 4 rings (SSSR count). The van der Waals surface area contributed by atoms with Crippen molar-refractivity contribution in [1.29, 1.82) is 0 Å². The predicted octanol–water partition coefficient (Wildman–Crippen LogP) is 2.91. The zero-order valence-corrected chi connectivity index (χ0v) is 18.6. The van der Waals surface area contributed by atoms with Gasteiger partial charge in [0.15, 0.2) is 0 Å². The molecular formula is C18H22KO5S. The molecule has 0 amide bonds. The van der Waals surface area contributed by atoms with Crippen LogP contribution in [0.4, 0.5) is 0 Å². The molecule has 0 aliphatic heterocycles. The normalized spacial score (nSPS) is 33.7. The molecule has 0 spiro atoms. The summed E-state index contributed by atoms with van der Waals surface area (Å²) < 4.78 is 35.2. The summed E-state index contributed by atoms with van der Waals surface area (Å²) in [4.78, 5) is 12.3. The summed E-state index contributed by atoms with van der Waals surface area (Å²) >= 11 is 0. The first-order valence-electron chi connectivity index (χ1n) is 8.61. The molecular weight excluding hydrogens is 367 g/mol. The molecule has 0 bridgehead atoms. The van der Waals surface area contributed by atoms with Gasteiger partial charge in [-0.3, -0.25) is 9.35 Å². The van der Waals surface area contributed by atoms with Crippen LogP contribution >= 0.6 is 0 Å². The van der Waals surface area contributed by atoms with Crippen LogP contribution in [0.5, 0.6) is 5.75 Å². The van der Waals surface area contributed by atoms with Gasteiger partial charge in [0.2, 0.25) is 0 Å². The van der Waals surface area contributed by atoms with Crippen molar-refractivity contribution in [3.63, 3.8) is 0 Å². The van der Waals surface area contributed by atoms with Crippen molar-refractivity contribution in [2.45, 2.75) is 51.4 Å². The summed E-state index contributed by atoms with van der Waals surface area (Å²) in [6.07, 6.45) is 5.57. The quantitative estimate of drug-likeness (QED) is 0.621. The van der Waals surface area contributed by atoms with E-state index < -0.39 is 10.4 Å². The monoisotopic (exact) mass is 389 g/mol. The molecule has 0 aromatic heterocycles. The minimum Gasteiger partial charge on any atom is -0.362 e. The fourth-order valence-electron chi connectivity index (χ4n) is 5.50. The Morgan fingerprint density at radius 3 is 2.68 bits per heavy atom. The molecule has 5 nitrogen and oxygen atoms in total. The van der Waals surface area contributed by atoms with Gasteiger partial charge in [-0.1, -0.05) is 13.0 Å². The van der Waals surface area contributed by atoms with Gasteiger partial charge in [-0.15, -0.1) is 0 Å². The first-order valence-corrected chi connectivity index (χ1v) is 9.97. The summed E-state index contributed by atoms with van der Waals surface area (Å²) in [7, 11) is -4.49. The Balaban J connectivity index is 0.00000182. The van der Waals surface area contributed by atoms with Gasteiger partial charge in [0.25, 0.3) is 0 Å². The fourth-order valence-corrected chi connectivity index (χ4v) is 5.85. The topological polar surface area (TPSA) is 80.7 Å². The Kier molecular flexibility index (Phi) is 5.60. The summed E-state index contributed by atoms with van der Waals surface area (Å²) in [6, 6.07) is 5.28. The molecule has 0 heterocycles. The van der Waals surface area contributed by atoms with Crippen LogP contribution in [0.2, 0.25) is 0 Å². The molecule has 0 unspecified atom stereocenters. The third-order valence-corrected chi connectivity index (χ3v) is 7.01. The first kappa shape index (κ1) is 20.0. The smallest absolute Gasteiger partial charge is 0.362 e. The zero-order chi connectivity index (χ0) is 17.1. The van der Waals surface area contributed by atoms with Crippen LogP contribution in [-0.4, -0.2) is 70.1 Å². The van der Waals surface area contributed by atoms with E-state index in [1.54, 1.807) is 12.1 Å². The van der Waals surface area contributed by atoms with Crippen LogP contribution in [0.1, 0.15) is 56.1 Å². The number of rotatable bonds is 2. The van der Waals surface area contributed by atoms with Gasteiger partial charge in [-0.25, -0.2) is 0 Å². The Labute approximate surface area is 191 Å². The standard InChI is InChI=1S/C18H22O5S.K/c1-18-9-8-14-13-5-3-12(23-24(20,21)22)10-11(13)2-4-15(14)16(18)6-7-17(18)19;/h3,5,10,14-16H,2,4,6-9H2,1H3,(H,20,21,22);/t14-,15-,16+,18+;/m1./s1. The SMILES string of the molecule is C[C@]12CC[C@@H]3c4ccc(OS(=O)(=O)O)cc4CC[C@H]3[C@@H]1CCC2=O.[K]. The maximum absolute atomic E-state index is 12.3. The Bertz CT molecular complexity index is 806. The number of fused-ring (bicyclic) bond motifs is 5. The van der Waals surface area contributed by atoms with Gasteiger partial charge >= 0.3 is 10.4 Å². The number of hydrogen-bond acceptors (Lipinski definition) is 4. The van der Waals surface area contributed by atoms with Gasteiger partial charge in [0, 0.05) is 63.2 Å². The molecule has 1 radical (unpaired) electrons. The summed E-state index contributed by atoms with van der Waals surface area (Å²) in [5.74, 6) is 2.05. The first-order chi connectivity index (χ1) is 11.3. The number of carbonyl (C=O) groups is 1. The number of carbonyl (C=O) groups excluding carboxylic acids is 1. The number of Topliss-reactive ketones (excluding diaryl/α,β-unsaturated/α-hetero) is 1. The molecule has 1 aromatic carbocycles. The van der Waals surface area contributed by atoms with Crippen LogP contribution in [0.25, 0.3) is 0 Å². The average molecular weight is 390 g/mol. The van der Waals surface area contributed by atoms with Crippen LogP contribution in [0, 0.1) is 17.3 Å². The second kappa shape index (κ2) is 7.00. The van der Waals surface area contributed by atoms with Crippen LogP contribution in [-0.2, 0) is 21.6 Å². The maximum Gasteiger partial charge on any atom is 0.446 e. The molecule has 3 aliphatic rings. The van der Waals surface area contributed by atoms with Crippen LogP contribution < -0.4 is 4.18 Å². The number of benzene rings is 1. The number of hydrogen-bond donors (Lipinski definition) is 1. The Morgan fingerprint density at radius 2 is 1.96 bits per heavy atom. The van der Waals surface area contributed by atoms with E-state index in [2.05, 4.69) is 11.1 Å². The van der Waals surface area contributed by atoms with Gasteiger partial charge in [-0.05, 0) is 73.1 Å². The van der Waals surface area contributed by atoms with E-state index in [0.717, 1.165) is 44.1 Å². The van der Waals surface area contributed by atoms with Gasteiger partial charge in [0.1, 0.15) is 11.5 Å². The minimum absolute atomic E-state index is 0. The van der Waals surface area contributed by atoms with Crippen LogP contribution in [0.15, 0.2) is 18.2 Å². The molecule has 0 saturated heterocycles. The molecule has 7 heteroatoms. The molecule has 131 valence electrons. The van der Waals surface area contributed by atoms with Crippen molar-refractivity contribution in [2.24, 2.45) is 17.3 Å². The van der Waals surface area contributed by atoms with E-state index in [4.69, 9.17) is 4.55 Å². The molecule has 4 atom stereocenters. The molecule has 2 fully saturated rings. The molecule has 1 aromatic rings. The van der Waals surface area contributed by atoms with E-state index in [1.807, 2.05) is 6.07 Å². The average Bonchev–Trinajstić information content (AvgIpc) is 2.81. The number of aryl methyl sites for hydroxylation is 1. The Morgan fingerprint density at radius 1 is 1.20 bits per heavy atom. The van der Waals surface area contributed by atoms with E-state index in [1.165, 1.54) is 5.56 Å². The predicted molar refractivity (Wildman–Crippen MR) is 94.0 cm³/mol. The van der Waals surface area contributed by atoms with E-state index in [-0.39, 0.29) is 62.5 Å². The van der Waals surface area contributed by atoms with E-state index >= 15 is 0 Å². The number of ketones is 1. The second-order valence-corrected chi connectivity index (χ2v) is 8.73. The second-order valence-electron chi connectivity index (χ2n) is 7.71. The van der Waals surface area contributed by atoms with Crippen molar-refractivity contribution < 1.29 is 21.9 Å². The van der Waals surface area contributed by atoms with Crippen molar-refractivity contribution in [1.82, 2.24) is 0 Å². The van der Waals surface area contributed by atoms with E-state index in [0.29, 0.717) is 23.5 Å². The fraction of sp³-hybridized carbons (Fsp3) is 0.611. The third-order valence-electron chi connectivity index (χ3n) is 6.61. The van der Waals surface area contributed by atoms with Gasteiger partial charge in [-0.2, -0.15) is 8.42 Å². The minimum atomic E-state index is -4.49. The van der Waals surface area contributed by atoms with Crippen molar-refractivity contribution in [3.05, 3.63) is 29.3 Å². The summed E-state index contributed by atoms with van der Waals surface area (Å²) in [5.41, 5.74) is 2.23. The summed E-state index contributed by atoms with van der Waals surface area (Å²) in [5, 5.41) is 0. The maximum atomic E-state index is 12.3. The molecule has 1 N–H and O–H groups in total. The van der Waals surface area contributed by atoms with Crippen molar-refractivity contribution in [2.75, 3.05) is 0 Å². The van der Waals surface area contributed by atoms with E-state index in [9.17, 15) is 13.2 Å². The van der Waals surface area contributed by atoms with Gasteiger partial charge < -0.3 is 4.18 Å². The zero-order valence-electron chi connectivity index (χ0n) is 14.7. The summed E-state index contributed by atoms with van der Waals surface area (Å²) in [6.45, 7) is 2.15. The van der Waals surface area contributed by atoms with Crippen molar-refractivity contribution in [3.8, 4) is 5.75 Å². The largest absolute Gasteiger partial charge is 0.446 e. The van der Waals surface area contributed by atoms with Crippen LogP contribution in [0.3, 0.4) is 0 Å².